The molecule has 2 rings (SSSR count). The number of hydrogen-bond acceptors (Lipinski definition) is 3. The molecule has 3 heteroatoms. The Morgan fingerprint density at radius 1 is 1.05 bits per heavy atom. The molecule has 112 valence electrons. The third kappa shape index (κ3) is 4.44. The summed E-state index contributed by atoms with van der Waals surface area (Å²) in [6.07, 6.45) is 5.49. The van der Waals surface area contributed by atoms with Gasteiger partial charge in [0.15, 0.2) is 0 Å². The maximum Gasteiger partial charge on any atom is 0.0110 e. The average Bonchev–Trinajstić information content (AvgIpc) is 2.42. The number of nitrogens with zero attached hydrogens (tertiary/aromatic N) is 2. The molecule has 0 aromatic carbocycles. The maximum absolute atomic E-state index is 3.56. The van der Waals surface area contributed by atoms with Crippen molar-refractivity contribution < 1.29 is 0 Å². The average molecular weight is 267 g/mol. The first kappa shape index (κ1) is 15.3. The summed E-state index contributed by atoms with van der Waals surface area (Å²) in [5.41, 5.74) is 0. The summed E-state index contributed by atoms with van der Waals surface area (Å²) in [6.45, 7) is 12.4. The van der Waals surface area contributed by atoms with E-state index in [1.165, 1.54) is 65.0 Å². The molecule has 0 aromatic heterocycles. The number of piperazine rings is 1. The Kier molecular flexibility index (Phi) is 6.11. The summed E-state index contributed by atoms with van der Waals surface area (Å²) in [5, 5.41) is 3.56. The van der Waals surface area contributed by atoms with Crippen molar-refractivity contribution in [3.8, 4) is 0 Å². The molecule has 1 saturated heterocycles. The third-order valence-corrected chi connectivity index (χ3v) is 5.11. The van der Waals surface area contributed by atoms with Gasteiger partial charge < -0.3 is 15.1 Å². The maximum atomic E-state index is 3.56. The van der Waals surface area contributed by atoms with Gasteiger partial charge in [-0.3, -0.25) is 0 Å². The minimum atomic E-state index is 0.755. The van der Waals surface area contributed by atoms with Gasteiger partial charge in [-0.05, 0) is 51.1 Å². The molecule has 1 aliphatic carbocycles. The Bertz CT molecular complexity index is 248. The molecule has 0 amide bonds. The van der Waals surface area contributed by atoms with E-state index >= 15 is 0 Å². The molecule has 1 aliphatic heterocycles. The molecule has 1 heterocycles. The van der Waals surface area contributed by atoms with Crippen LogP contribution in [0.3, 0.4) is 0 Å². The highest BCUT2D eigenvalue weighted by Gasteiger charge is 2.29. The summed E-state index contributed by atoms with van der Waals surface area (Å²) >= 11 is 0. The molecule has 1 N–H and O–H groups in total. The van der Waals surface area contributed by atoms with Crippen molar-refractivity contribution in [3.63, 3.8) is 0 Å². The molecule has 0 aromatic rings. The molecule has 3 atom stereocenters. The lowest BCUT2D eigenvalue weighted by Crippen LogP contribution is -2.51. The Hall–Kier alpha value is -0.120. The van der Waals surface area contributed by atoms with Gasteiger partial charge in [0, 0.05) is 38.8 Å². The van der Waals surface area contributed by atoms with Gasteiger partial charge in [0.05, 0.1) is 0 Å². The molecule has 2 fully saturated rings. The summed E-state index contributed by atoms with van der Waals surface area (Å²) in [5.74, 6) is 1.79. The fraction of sp³-hybridized carbons (Fsp3) is 1.00. The number of rotatable bonds is 5. The van der Waals surface area contributed by atoms with Crippen LogP contribution < -0.4 is 5.32 Å². The standard InChI is InChI=1S/C16H33N3/c1-4-7-18-8-10-19(11-9-18)13-15-12-14(2)5-6-16(15)17-3/h14-17H,4-13H2,1-3H3. The van der Waals surface area contributed by atoms with Crippen LogP contribution in [0.15, 0.2) is 0 Å². The second-order valence-corrected chi connectivity index (χ2v) is 6.72. The SMILES string of the molecule is CCCN1CCN(CC2CC(C)CCC2NC)CC1. The largest absolute Gasteiger partial charge is 0.317 e. The molecular weight excluding hydrogens is 234 g/mol. The van der Waals surface area contributed by atoms with Crippen LogP contribution in [0.4, 0.5) is 0 Å². The van der Waals surface area contributed by atoms with Crippen LogP contribution in [0.2, 0.25) is 0 Å². The zero-order valence-electron chi connectivity index (χ0n) is 13.2. The number of nitrogens with one attached hydrogen (secondary N) is 1. The number of hydrogen-bond donors (Lipinski definition) is 1. The lowest BCUT2D eigenvalue weighted by Gasteiger charge is -2.41. The monoisotopic (exact) mass is 267 g/mol. The molecule has 3 unspecified atom stereocenters. The van der Waals surface area contributed by atoms with Crippen molar-refractivity contribution in [3.05, 3.63) is 0 Å². The molecule has 1 saturated carbocycles. The normalized spacial score (nSPS) is 34.6. The van der Waals surface area contributed by atoms with Gasteiger partial charge in [0.1, 0.15) is 0 Å². The third-order valence-electron chi connectivity index (χ3n) is 5.11. The van der Waals surface area contributed by atoms with Crippen molar-refractivity contribution in [2.24, 2.45) is 11.8 Å². The van der Waals surface area contributed by atoms with Crippen LogP contribution >= 0.6 is 0 Å². The highest BCUT2D eigenvalue weighted by Crippen LogP contribution is 2.29. The van der Waals surface area contributed by atoms with E-state index in [1.54, 1.807) is 0 Å². The van der Waals surface area contributed by atoms with Gasteiger partial charge in [0.2, 0.25) is 0 Å². The molecular formula is C16H33N3. The van der Waals surface area contributed by atoms with Crippen molar-refractivity contribution >= 4 is 0 Å². The molecule has 0 bridgehead atoms. The summed E-state index contributed by atoms with van der Waals surface area (Å²) < 4.78 is 0. The second-order valence-electron chi connectivity index (χ2n) is 6.72. The van der Waals surface area contributed by atoms with Crippen LogP contribution in [0.1, 0.15) is 39.5 Å². The van der Waals surface area contributed by atoms with E-state index in [9.17, 15) is 0 Å². The fourth-order valence-corrected chi connectivity index (χ4v) is 3.92. The highest BCUT2D eigenvalue weighted by atomic mass is 15.3. The lowest BCUT2D eigenvalue weighted by molar-refractivity contribution is 0.0924. The first-order chi connectivity index (χ1) is 9.22. The molecule has 0 radical (unpaired) electrons. The van der Waals surface area contributed by atoms with E-state index < -0.39 is 0 Å². The van der Waals surface area contributed by atoms with E-state index in [0.717, 1.165) is 17.9 Å². The summed E-state index contributed by atoms with van der Waals surface area (Å²) in [6, 6.07) is 0.755. The van der Waals surface area contributed by atoms with Crippen molar-refractivity contribution in [2.45, 2.75) is 45.6 Å². The fourth-order valence-electron chi connectivity index (χ4n) is 3.92. The van der Waals surface area contributed by atoms with Crippen molar-refractivity contribution in [1.82, 2.24) is 15.1 Å². The van der Waals surface area contributed by atoms with E-state index in [4.69, 9.17) is 0 Å². The van der Waals surface area contributed by atoms with Crippen LogP contribution in [0.5, 0.6) is 0 Å². The zero-order chi connectivity index (χ0) is 13.7. The Morgan fingerprint density at radius 2 is 1.74 bits per heavy atom. The first-order valence-electron chi connectivity index (χ1n) is 8.35. The molecule has 19 heavy (non-hydrogen) atoms. The van der Waals surface area contributed by atoms with E-state index in [-0.39, 0.29) is 0 Å². The summed E-state index contributed by atoms with van der Waals surface area (Å²) in [4.78, 5) is 5.33. The van der Waals surface area contributed by atoms with E-state index in [1.807, 2.05) is 0 Å². The smallest absolute Gasteiger partial charge is 0.0110 e. The molecule has 3 nitrogen and oxygen atoms in total. The first-order valence-corrected chi connectivity index (χ1v) is 8.35. The van der Waals surface area contributed by atoms with Crippen LogP contribution in [0, 0.1) is 11.8 Å². The van der Waals surface area contributed by atoms with Gasteiger partial charge in [-0.25, -0.2) is 0 Å². The van der Waals surface area contributed by atoms with Gasteiger partial charge >= 0.3 is 0 Å². The van der Waals surface area contributed by atoms with Crippen LogP contribution in [-0.2, 0) is 0 Å². The summed E-state index contributed by atoms with van der Waals surface area (Å²) in [7, 11) is 2.15. The molecule has 0 spiro atoms. The predicted molar refractivity (Wildman–Crippen MR) is 82.5 cm³/mol. The highest BCUT2D eigenvalue weighted by molar-refractivity contribution is 4.86. The zero-order valence-corrected chi connectivity index (χ0v) is 13.2. The molecule has 2 aliphatic rings. The Labute approximate surface area is 119 Å². The van der Waals surface area contributed by atoms with Crippen LogP contribution in [-0.4, -0.2) is 62.2 Å². The minimum absolute atomic E-state index is 0.755. The van der Waals surface area contributed by atoms with Gasteiger partial charge in [-0.1, -0.05) is 13.8 Å². The van der Waals surface area contributed by atoms with Gasteiger partial charge in [0.25, 0.3) is 0 Å². The minimum Gasteiger partial charge on any atom is -0.317 e. The quantitative estimate of drug-likeness (QED) is 0.822. The lowest BCUT2D eigenvalue weighted by atomic mass is 9.78. The Balaban J connectivity index is 1.77. The predicted octanol–water partition coefficient (Wildman–Crippen LogP) is 2.04. The van der Waals surface area contributed by atoms with E-state index in [0.29, 0.717) is 0 Å². The Morgan fingerprint density at radius 3 is 2.37 bits per heavy atom. The van der Waals surface area contributed by atoms with Crippen molar-refractivity contribution in [2.75, 3.05) is 46.3 Å². The van der Waals surface area contributed by atoms with Gasteiger partial charge in [-0.15, -0.1) is 0 Å². The topological polar surface area (TPSA) is 18.5 Å². The van der Waals surface area contributed by atoms with Crippen LogP contribution in [0.25, 0.3) is 0 Å². The second kappa shape index (κ2) is 7.61. The van der Waals surface area contributed by atoms with Crippen molar-refractivity contribution in [1.29, 1.82) is 0 Å². The van der Waals surface area contributed by atoms with Gasteiger partial charge in [-0.2, -0.15) is 0 Å². The van der Waals surface area contributed by atoms with E-state index in [2.05, 4.69) is 36.0 Å².